The number of benzene rings is 1. The molecule has 1 N–H and O–H groups in total. The van der Waals surface area contributed by atoms with Crippen LogP contribution >= 0.6 is 0 Å². The molecule has 0 spiro atoms. The number of hydrogen-bond acceptors (Lipinski definition) is 3. The van der Waals surface area contributed by atoms with Gasteiger partial charge in [-0.2, -0.15) is 0 Å². The van der Waals surface area contributed by atoms with Crippen LogP contribution in [0, 0.1) is 0 Å². The third-order valence-electron chi connectivity index (χ3n) is 3.80. The van der Waals surface area contributed by atoms with Gasteiger partial charge in [-0.25, -0.2) is 4.79 Å². The number of amides is 1. The molecule has 5 heteroatoms. The zero-order valence-corrected chi connectivity index (χ0v) is 15.1. The van der Waals surface area contributed by atoms with Gasteiger partial charge < -0.3 is 19.4 Å². The molecule has 0 saturated carbocycles. The summed E-state index contributed by atoms with van der Waals surface area (Å²) < 4.78 is 12.7. The van der Waals surface area contributed by atoms with Crippen molar-refractivity contribution in [2.24, 2.45) is 7.05 Å². The quantitative estimate of drug-likeness (QED) is 0.904. The molecule has 0 radical (unpaired) electrons. The van der Waals surface area contributed by atoms with Crippen LogP contribution in [-0.4, -0.2) is 29.9 Å². The lowest BCUT2D eigenvalue weighted by Crippen LogP contribution is -2.33. The summed E-state index contributed by atoms with van der Waals surface area (Å²) in [6, 6.07) is 6.00. The molecule has 0 aliphatic rings. The van der Waals surface area contributed by atoms with Gasteiger partial charge in [-0.1, -0.05) is 6.58 Å². The lowest BCUT2D eigenvalue weighted by molar-refractivity contribution is 0.0528. The topological polar surface area (TPSA) is 52.5 Å². The monoisotopic (exact) mass is 330 g/mol. The Morgan fingerprint density at radius 2 is 2.08 bits per heavy atom. The first kappa shape index (κ1) is 17.9. The number of hydrogen-bond donors (Lipinski definition) is 1. The van der Waals surface area contributed by atoms with E-state index in [9.17, 15) is 4.79 Å². The molecule has 2 rings (SSSR count). The smallest absolute Gasteiger partial charge is 0.407 e. The molecular weight excluding hydrogens is 304 g/mol. The fraction of sp³-hybridized carbons (Fsp3) is 0.421. The van der Waals surface area contributed by atoms with Crippen LogP contribution in [0.4, 0.5) is 4.79 Å². The van der Waals surface area contributed by atoms with Gasteiger partial charge in [0.2, 0.25) is 0 Å². The third kappa shape index (κ3) is 3.91. The lowest BCUT2D eigenvalue weighted by Gasteiger charge is -2.19. The molecule has 1 aromatic heterocycles. The highest BCUT2D eigenvalue weighted by Gasteiger charge is 2.17. The number of nitrogens with one attached hydrogen (secondary N) is 1. The maximum Gasteiger partial charge on any atom is 0.407 e. The normalized spacial score (nSPS) is 11.4. The number of nitrogens with zero attached hydrogens (tertiary/aromatic N) is 1. The average Bonchev–Trinajstić information content (AvgIpc) is 2.77. The number of ether oxygens (including phenoxy) is 2. The molecule has 5 nitrogen and oxygen atoms in total. The number of methoxy groups -OCH3 is 1. The van der Waals surface area contributed by atoms with E-state index in [2.05, 4.69) is 16.5 Å². The van der Waals surface area contributed by atoms with Gasteiger partial charge in [-0.05, 0) is 57.0 Å². The van der Waals surface area contributed by atoms with Crippen LogP contribution in [0.25, 0.3) is 17.0 Å². The maximum absolute atomic E-state index is 11.8. The zero-order chi connectivity index (χ0) is 17.9. The summed E-state index contributed by atoms with van der Waals surface area (Å²) in [6.45, 7) is 9.95. The highest BCUT2D eigenvalue weighted by atomic mass is 16.6. The molecule has 0 aliphatic heterocycles. The second kappa shape index (κ2) is 6.99. The summed E-state index contributed by atoms with van der Waals surface area (Å²) in [5, 5.41) is 3.91. The first-order valence-corrected chi connectivity index (χ1v) is 8.01. The minimum atomic E-state index is -0.497. The maximum atomic E-state index is 11.8. The van der Waals surface area contributed by atoms with Crippen LogP contribution in [0.2, 0.25) is 0 Å². The molecule has 24 heavy (non-hydrogen) atoms. The van der Waals surface area contributed by atoms with Gasteiger partial charge in [-0.15, -0.1) is 0 Å². The lowest BCUT2D eigenvalue weighted by atomic mass is 10.1. The molecule has 0 fully saturated rings. The van der Waals surface area contributed by atoms with Crippen molar-refractivity contribution in [3.8, 4) is 5.75 Å². The van der Waals surface area contributed by atoms with Gasteiger partial charge in [0.15, 0.2) is 0 Å². The fourth-order valence-electron chi connectivity index (χ4n) is 2.77. The molecule has 1 amide bonds. The molecule has 1 aromatic carbocycles. The molecule has 1 heterocycles. The number of aryl methyl sites for hydroxylation is 1. The van der Waals surface area contributed by atoms with E-state index >= 15 is 0 Å². The first-order valence-electron chi connectivity index (χ1n) is 8.01. The summed E-state index contributed by atoms with van der Waals surface area (Å²) in [4.78, 5) is 11.8. The van der Waals surface area contributed by atoms with Crippen LogP contribution < -0.4 is 10.1 Å². The summed E-state index contributed by atoms with van der Waals surface area (Å²) in [6.07, 6.45) is 2.13. The van der Waals surface area contributed by atoms with Crippen molar-refractivity contribution >= 4 is 23.1 Å². The largest absolute Gasteiger partial charge is 0.497 e. The summed E-state index contributed by atoms with van der Waals surface area (Å²) in [5.41, 5.74) is 2.79. The van der Waals surface area contributed by atoms with Gasteiger partial charge in [0.25, 0.3) is 0 Å². The number of fused-ring (bicyclic) bond motifs is 1. The Morgan fingerprint density at radius 1 is 1.38 bits per heavy atom. The molecule has 0 saturated heterocycles. The summed E-state index contributed by atoms with van der Waals surface area (Å²) in [7, 11) is 3.67. The molecule has 0 unspecified atom stereocenters. The highest BCUT2D eigenvalue weighted by Crippen LogP contribution is 2.29. The Bertz CT molecular complexity index is 754. The third-order valence-corrected chi connectivity index (χ3v) is 3.80. The number of carbonyl (C=O) groups is 1. The van der Waals surface area contributed by atoms with E-state index in [4.69, 9.17) is 9.47 Å². The molecule has 0 aliphatic carbocycles. The standard InChI is InChI=1S/C19H26N2O3/c1-7-16-14(10-11-20-18(22)24-19(2,3)4)15-12-13(23-6)8-9-17(15)21(16)5/h7-9,12H,1,10-11H2,2-6H3,(H,20,22). The number of alkyl carbamates (subject to hydrolysis) is 1. The minimum absolute atomic E-state index is 0.402. The van der Waals surface area contributed by atoms with Gasteiger partial charge in [0.1, 0.15) is 11.4 Å². The van der Waals surface area contributed by atoms with Crippen molar-refractivity contribution in [2.45, 2.75) is 32.8 Å². The average molecular weight is 330 g/mol. The van der Waals surface area contributed by atoms with Crippen LogP contribution in [-0.2, 0) is 18.2 Å². The predicted molar refractivity (Wildman–Crippen MR) is 97.5 cm³/mol. The molecule has 0 atom stereocenters. The van der Waals surface area contributed by atoms with Gasteiger partial charge in [0.05, 0.1) is 7.11 Å². The van der Waals surface area contributed by atoms with E-state index in [1.54, 1.807) is 7.11 Å². The number of rotatable bonds is 5. The Morgan fingerprint density at radius 3 is 2.67 bits per heavy atom. The van der Waals surface area contributed by atoms with Gasteiger partial charge >= 0.3 is 6.09 Å². The van der Waals surface area contributed by atoms with Crippen molar-refractivity contribution in [1.29, 1.82) is 0 Å². The Hall–Kier alpha value is -2.43. The molecule has 130 valence electrons. The zero-order valence-electron chi connectivity index (χ0n) is 15.1. The van der Waals surface area contributed by atoms with Crippen LogP contribution in [0.1, 0.15) is 32.0 Å². The van der Waals surface area contributed by atoms with Gasteiger partial charge in [0, 0.05) is 30.2 Å². The van der Waals surface area contributed by atoms with E-state index in [1.807, 2.05) is 52.1 Å². The number of carbonyl (C=O) groups excluding carboxylic acids is 1. The van der Waals surface area contributed by atoms with Gasteiger partial charge in [-0.3, -0.25) is 0 Å². The Balaban J connectivity index is 2.21. The predicted octanol–water partition coefficient (Wildman–Crippen LogP) is 3.90. The van der Waals surface area contributed by atoms with Crippen molar-refractivity contribution < 1.29 is 14.3 Å². The summed E-state index contributed by atoms with van der Waals surface area (Å²) >= 11 is 0. The van der Waals surface area contributed by atoms with Crippen LogP contribution in [0.3, 0.4) is 0 Å². The SMILES string of the molecule is C=Cc1c(CCNC(=O)OC(C)(C)C)c2cc(OC)ccc2n1C. The van der Waals surface area contributed by atoms with Crippen molar-refractivity contribution in [3.05, 3.63) is 36.0 Å². The van der Waals surface area contributed by atoms with Crippen molar-refractivity contribution in [3.63, 3.8) is 0 Å². The Labute approximate surface area is 143 Å². The summed E-state index contributed by atoms with van der Waals surface area (Å²) in [5.74, 6) is 0.810. The van der Waals surface area contributed by atoms with E-state index in [0.29, 0.717) is 13.0 Å². The van der Waals surface area contributed by atoms with Crippen molar-refractivity contribution in [1.82, 2.24) is 9.88 Å². The second-order valence-corrected chi connectivity index (χ2v) is 6.69. The van der Waals surface area contributed by atoms with Crippen LogP contribution in [0.15, 0.2) is 24.8 Å². The fourth-order valence-corrected chi connectivity index (χ4v) is 2.77. The van der Waals surface area contributed by atoms with E-state index < -0.39 is 11.7 Å². The second-order valence-electron chi connectivity index (χ2n) is 6.69. The minimum Gasteiger partial charge on any atom is -0.497 e. The molecule has 0 bridgehead atoms. The van der Waals surface area contributed by atoms with Crippen molar-refractivity contribution in [2.75, 3.05) is 13.7 Å². The number of aromatic nitrogens is 1. The highest BCUT2D eigenvalue weighted by molar-refractivity contribution is 5.89. The van der Waals surface area contributed by atoms with E-state index in [-0.39, 0.29) is 0 Å². The van der Waals surface area contributed by atoms with E-state index in [0.717, 1.165) is 27.9 Å². The van der Waals surface area contributed by atoms with Crippen LogP contribution in [0.5, 0.6) is 5.75 Å². The van der Waals surface area contributed by atoms with E-state index in [1.165, 1.54) is 0 Å². The Kier molecular flexibility index (Phi) is 5.22. The first-order chi connectivity index (χ1) is 11.3. The molecule has 2 aromatic rings. The molecular formula is C19H26N2O3.